The fourth-order valence-electron chi connectivity index (χ4n) is 0.921. The molecule has 3 nitrogen and oxygen atoms in total. The van der Waals surface area contributed by atoms with E-state index in [2.05, 4.69) is 4.99 Å². The summed E-state index contributed by atoms with van der Waals surface area (Å²) in [5.41, 5.74) is 0.998. The maximum Gasteiger partial charge on any atom is 0.201 e. The third-order valence-corrected chi connectivity index (χ3v) is 1.84. The van der Waals surface area contributed by atoms with E-state index < -0.39 is 0 Å². The number of hydroxylamine groups is 2. The molecule has 0 saturated carbocycles. The van der Waals surface area contributed by atoms with E-state index in [1.165, 1.54) is 0 Å². The van der Waals surface area contributed by atoms with Crippen molar-refractivity contribution >= 4 is 5.71 Å². The average molecular weight is 112 g/mol. The molecule has 0 aromatic carbocycles. The van der Waals surface area contributed by atoms with Crippen LogP contribution in [0.1, 0.15) is 13.8 Å². The van der Waals surface area contributed by atoms with Crippen molar-refractivity contribution in [1.82, 2.24) is 5.06 Å². The number of hydrogen-bond acceptors (Lipinski definition) is 3. The molecule has 8 heavy (non-hydrogen) atoms. The molecule has 44 valence electrons. The van der Waals surface area contributed by atoms with Crippen LogP contribution in [0.4, 0.5) is 0 Å². The van der Waals surface area contributed by atoms with E-state index in [1.54, 1.807) is 0 Å². The Bertz CT molecular complexity index is 166. The molecule has 1 fully saturated rings. The number of fused-ring (bicyclic) bond motifs is 1. The van der Waals surface area contributed by atoms with Crippen LogP contribution in [0.3, 0.4) is 0 Å². The van der Waals surface area contributed by atoms with E-state index >= 15 is 0 Å². The third-order valence-electron chi connectivity index (χ3n) is 1.84. The van der Waals surface area contributed by atoms with Crippen LogP contribution in [-0.4, -0.2) is 23.2 Å². The summed E-state index contributed by atoms with van der Waals surface area (Å²) in [7, 11) is 0. The standard InChI is InChI=1S/C5H8N2O/c1-4-5(2)7(8-5)3-6-4/h3H2,1-2H3. The number of nitrogens with zero attached hydrogens (tertiary/aromatic N) is 2. The van der Waals surface area contributed by atoms with Crippen LogP contribution in [0.15, 0.2) is 4.99 Å². The van der Waals surface area contributed by atoms with Gasteiger partial charge in [0.05, 0.1) is 5.71 Å². The molecule has 0 spiro atoms. The number of aliphatic imine (C=N–C) groups is 1. The largest absolute Gasteiger partial charge is 0.272 e. The van der Waals surface area contributed by atoms with Crippen LogP contribution in [0.5, 0.6) is 0 Å². The van der Waals surface area contributed by atoms with Gasteiger partial charge < -0.3 is 0 Å². The Balaban J connectivity index is 2.34. The van der Waals surface area contributed by atoms with Gasteiger partial charge in [0.25, 0.3) is 0 Å². The summed E-state index contributed by atoms with van der Waals surface area (Å²) in [6.45, 7) is 4.74. The minimum atomic E-state index is -0.0972. The van der Waals surface area contributed by atoms with Crippen molar-refractivity contribution in [2.75, 3.05) is 6.67 Å². The second-order valence-electron chi connectivity index (χ2n) is 2.34. The Labute approximate surface area is 47.9 Å². The van der Waals surface area contributed by atoms with Crippen molar-refractivity contribution in [1.29, 1.82) is 0 Å². The molecule has 2 aliphatic rings. The van der Waals surface area contributed by atoms with Crippen LogP contribution >= 0.6 is 0 Å². The molecular formula is C5H8N2O. The zero-order chi connectivity index (χ0) is 5.78. The number of hydrogen-bond donors (Lipinski definition) is 0. The predicted molar refractivity (Wildman–Crippen MR) is 29.3 cm³/mol. The molecule has 0 aromatic heterocycles. The Morgan fingerprint density at radius 3 is 2.75 bits per heavy atom. The van der Waals surface area contributed by atoms with Crippen LogP contribution in [0, 0.1) is 0 Å². The summed E-state index contributed by atoms with van der Waals surface area (Å²) >= 11 is 0. The summed E-state index contributed by atoms with van der Waals surface area (Å²) in [5, 5.41) is 1.86. The van der Waals surface area contributed by atoms with E-state index in [4.69, 9.17) is 4.84 Å². The summed E-state index contributed by atoms with van der Waals surface area (Å²) in [4.78, 5) is 9.31. The quantitative estimate of drug-likeness (QED) is 0.424. The molecule has 0 N–H and O–H groups in total. The molecule has 0 aliphatic carbocycles. The minimum absolute atomic E-state index is 0.0972. The van der Waals surface area contributed by atoms with Gasteiger partial charge in [0, 0.05) is 0 Å². The van der Waals surface area contributed by atoms with Crippen LogP contribution < -0.4 is 0 Å². The van der Waals surface area contributed by atoms with Gasteiger partial charge in [0.1, 0.15) is 6.67 Å². The first-order valence-electron chi connectivity index (χ1n) is 2.72. The van der Waals surface area contributed by atoms with Gasteiger partial charge in [-0.2, -0.15) is 0 Å². The van der Waals surface area contributed by atoms with Crippen LogP contribution in [-0.2, 0) is 4.84 Å². The van der Waals surface area contributed by atoms with Crippen molar-refractivity contribution in [3.63, 3.8) is 0 Å². The van der Waals surface area contributed by atoms with Gasteiger partial charge in [-0.3, -0.25) is 9.83 Å². The molecule has 0 aromatic rings. The van der Waals surface area contributed by atoms with Crippen LogP contribution in [0.2, 0.25) is 0 Å². The Morgan fingerprint density at radius 2 is 2.62 bits per heavy atom. The van der Waals surface area contributed by atoms with Crippen molar-refractivity contribution < 1.29 is 4.84 Å². The van der Waals surface area contributed by atoms with E-state index in [0.29, 0.717) is 0 Å². The first kappa shape index (κ1) is 4.47. The fraction of sp³-hybridized carbons (Fsp3) is 0.800. The van der Waals surface area contributed by atoms with Crippen molar-refractivity contribution in [3.05, 3.63) is 0 Å². The predicted octanol–water partition coefficient (Wildman–Crippen LogP) is 0.382. The first-order valence-corrected chi connectivity index (χ1v) is 2.72. The second-order valence-corrected chi connectivity index (χ2v) is 2.34. The molecule has 2 heterocycles. The smallest absolute Gasteiger partial charge is 0.201 e. The monoisotopic (exact) mass is 112 g/mol. The highest BCUT2D eigenvalue weighted by molar-refractivity contribution is 5.92. The average Bonchev–Trinajstić information content (AvgIpc) is 2.31. The molecular weight excluding hydrogens is 104 g/mol. The van der Waals surface area contributed by atoms with E-state index in [-0.39, 0.29) is 5.72 Å². The van der Waals surface area contributed by atoms with Crippen molar-refractivity contribution in [2.45, 2.75) is 19.6 Å². The summed E-state index contributed by atoms with van der Waals surface area (Å²) in [6, 6.07) is 0. The molecule has 0 amide bonds. The molecule has 0 radical (unpaired) electrons. The molecule has 2 atom stereocenters. The second kappa shape index (κ2) is 0.967. The normalized spacial score (nSPS) is 50.8. The lowest BCUT2D eigenvalue weighted by Crippen LogP contribution is -2.16. The summed E-state index contributed by atoms with van der Waals surface area (Å²) < 4.78 is 0. The van der Waals surface area contributed by atoms with Gasteiger partial charge in [-0.15, -0.1) is 5.06 Å². The maximum atomic E-state index is 5.16. The van der Waals surface area contributed by atoms with Gasteiger partial charge in [-0.1, -0.05) is 0 Å². The Hall–Kier alpha value is -0.410. The zero-order valence-electron chi connectivity index (χ0n) is 5.01. The van der Waals surface area contributed by atoms with Crippen LogP contribution in [0.25, 0.3) is 0 Å². The topological polar surface area (TPSA) is 27.9 Å². The van der Waals surface area contributed by atoms with E-state index in [9.17, 15) is 0 Å². The molecule has 3 heteroatoms. The Morgan fingerprint density at radius 1 is 1.88 bits per heavy atom. The van der Waals surface area contributed by atoms with Gasteiger partial charge in [0.2, 0.25) is 5.72 Å². The lowest BCUT2D eigenvalue weighted by Gasteiger charge is -1.92. The zero-order valence-corrected chi connectivity index (χ0v) is 5.01. The lowest BCUT2D eigenvalue weighted by atomic mass is 10.2. The van der Waals surface area contributed by atoms with E-state index in [1.807, 2.05) is 18.9 Å². The van der Waals surface area contributed by atoms with Crippen molar-refractivity contribution in [3.8, 4) is 0 Å². The van der Waals surface area contributed by atoms with Gasteiger partial charge in [-0.05, 0) is 13.8 Å². The molecule has 2 rings (SSSR count). The van der Waals surface area contributed by atoms with E-state index in [0.717, 1.165) is 12.4 Å². The highest BCUT2D eigenvalue weighted by Crippen LogP contribution is 2.39. The third kappa shape index (κ3) is 0.307. The molecule has 2 aliphatic heterocycles. The molecule has 1 saturated heterocycles. The summed E-state index contributed by atoms with van der Waals surface area (Å²) in [5.74, 6) is 0. The van der Waals surface area contributed by atoms with Gasteiger partial charge >= 0.3 is 0 Å². The Kier molecular flexibility index (Phi) is 0.540. The minimum Gasteiger partial charge on any atom is -0.272 e. The first-order chi connectivity index (χ1) is 3.73. The highest BCUT2D eigenvalue weighted by atomic mass is 16.9. The maximum absolute atomic E-state index is 5.16. The molecule has 2 unspecified atom stereocenters. The lowest BCUT2D eigenvalue weighted by molar-refractivity contribution is 0.197. The fourth-order valence-corrected chi connectivity index (χ4v) is 0.921. The van der Waals surface area contributed by atoms with Gasteiger partial charge in [0.15, 0.2) is 0 Å². The molecule has 0 bridgehead atoms. The highest BCUT2D eigenvalue weighted by Gasteiger charge is 2.56. The number of rotatable bonds is 0. The SMILES string of the molecule is CC1=NCN2OC12C. The van der Waals surface area contributed by atoms with Gasteiger partial charge in [-0.25, -0.2) is 0 Å². The summed E-state index contributed by atoms with van der Waals surface area (Å²) in [6.07, 6.45) is 0. The van der Waals surface area contributed by atoms with Crippen molar-refractivity contribution in [2.24, 2.45) is 4.99 Å².